The van der Waals surface area contributed by atoms with E-state index in [1.165, 1.54) is 21.2 Å². The molecule has 0 bridgehead atoms. The van der Waals surface area contributed by atoms with E-state index in [0.717, 1.165) is 30.5 Å². The van der Waals surface area contributed by atoms with Crippen LogP contribution in [0.15, 0.2) is 53.7 Å². The van der Waals surface area contributed by atoms with Gasteiger partial charge in [-0.1, -0.05) is 42.5 Å². The van der Waals surface area contributed by atoms with Gasteiger partial charge in [0.05, 0.1) is 11.6 Å². The van der Waals surface area contributed by atoms with Gasteiger partial charge in [-0.05, 0) is 30.2 Å². The summed E-state index contributed by atoms with van der Waals surface area (Å²) in [6, 6.07) is 14.8. The lowest BCUT2D eigenvalue weighted by molar-refractivity contribution is 0.797. The fraction of sp³-hybridized carbons (Fsp3) is 0.300. The molecule has 1 aromatic heterocycles. The van der Waals surface area contributed by atoms with Gasteiger partial charge in [0, 0.05) is 30.6 Å². The van der Waals surface area contributed by atoms with E-state index >= 15 is 0 Å². The number of halogens is 1. The average Bonchev–Trinajstić information content (AvgIpc) is 3.05. The van der Waals surface area contributed by atoms with Crippen molar-refractivity contribution in [3.8, 4) is 0 Å². The summed E-state index contributed by atoms with van der Waals surface area (Å²) in [4.78, 5) is 10.4. The quantitative estimate of drug-likeness (QED) is 0.310. The van der Waals surface area contributed by atoms with Crippen LogP contribution >= 0.6 is 35.3 Å². The molecule has 0 saturated carbocycles. The number of benzene rings is 2. The standard InChI is InChI=1S/C20H24N4S.HI/c1-3-21-20(22-12-11-19-23-13-15(2)25-19)24-14-17-9-6-8-16-7-4-5-10-18(16)17;/h4-10,13H,3,11-12,14H2,1-2H3,(H2,21,22,24);1H. The van der Waals surface area contributed by atoms with Gasteiger partial charge in [0.1, 0.15) is 0 Å². The van der Waals surface area contributed by atoms with Crippen molar-refractivity contribution in [1.82, 2.24) is 15.6 Å². The normalized spacial score (nSPS) is 11.2. The zero-order valence-corrected chi connectivity index (χ0v) is 18.3. The molecule has 26 heavy (non-hydrogen) atoms. The molecule has 6 heteroatoms. The Balaban J connectivity index is 0.00000243. The van der Waals surface area contributed by atoms with Crippen molar-refractivity contribution >= 4 is 52.0 Å². The van der Waals surface area contributed by atoms with Crippen LogP contribution in [0.25, 0.3) is 10.8 Å². The van der Waals surface area contributed by atoms with Gasteiger partial charge in [0.25, 0.3) is 0 Å². The predicted octanol–water partition coefficient (Wildman–Crippen LogP) is 4.52. The Kier molecular flexibility index (Phi) is 8.31. The fourth-order valence-corrected chi connectivity index (χ4v) is 3.53. The predicted molar refractivity (Wildman–Crippen MR) is 123 cm³/mol. The molecule has 2 N–H and O–H groups in total. The van der Waals surface area contributed by atoms with E-state index in [9.17, 15) is 0 Å². The van der Waals surface area contributed by atoms with Gasteiger partial charge in [-0.15, -0.1) is 35.3 Å². The molecule has 3 aromatic rings. The molecule has 0 aliphatic rings. The van der Waals surface area contributed by atoms with Crippen molar-refractivity contribution in [3.63, 3.8) is 0 Å². The van der Waals surface area contributed by atoms with Gasteiger partial charge in [-0.3, -0.25) is 0 Å². The van der Waals surface area contributed by atoms with Crippen LogP contribution in [0.4, 0.5) is 0 Å². The number of fused-ring (bicyclic) bond motifs is 1. The lowest BCUT2D eigenvalue weighted by Crippen LogP contribution is -2.38. The SMILES string of the molecule is CCNC(=NCc1cccc2ccccc12)NCCc1ncc(C)s1.I. The summed E-state index contributed by atoms with van der Waals surface area (Å²) >= 11 is 1.75. The highest BCUT2D eigenvalue weighted by molar-refractivity contribution is 14.0. The molecule has 0 aliphatic carbocycles. The number of aliphatic imine (C=N–C) groups is 1. The monoisotopic (exact) mass is 480 g/mol. The smallest absolute Gasteiger partial charge is 0.191 e. The van der Waals surface area contributed by atoms with Gasteiger partial charge in [0.15, 0.2) is 5.96 Å². The number of nitrogens with zero attached hydrogens (tertiary/aromatic N) is 2. The molecule has 0 fully saturated rings. The summed E-state index contributed by atoms with van der Waals surface area (Å²) in [6.07, 6.45) is 2.84. The highest BCUT2D eigenvalue weighted by Gasteiger charge is 2.03. The van der Waals surface area contributed by atoms with Crippen LogP contribution in [0.1, 0.15) is 22.4 Å². The summed E-state index contributed by atoms with van der Waals surface area (Å²) in [5.74, 6) is 0.851. The molecule has 138 valence electrons. The van der Waals surface area contributed by atoms with E-state index in [-0.39, 0.29) is 24.0 Å². The number of hydrogen-bond donors (Lipinski definition) is 2. The number of guanidine groups is 1. The van der Waals surface area contributed by atoms with Crippen molar-refractivity contribution < 1.29 is 0 Å². The highest BCUT2D eigenvalue weighted by Crippen LogP contribution is 2.19. The second-order valence-electron chi connectivity index (χ2n) is 5.87. The first-order chi connectivity index (χ1) is 12.3. The first-order valence-corrected chi connectivity index (χ1v) is 9.48. The summed E-state index contributed by atoms with van der Waals surface area (Å²) < 4.78 is 0. The van der Waals surface area contributed by atoms with Crippen molar-refractivity contribution in [1.29, 1.82) is 0 Å². The van der Waals surface area contributed by atoms with E-state index in [1.54, 1.807) is 11.3 Å². The molecule has 4 nitrogen and oxygen atoms in total. The summed E-state index contributed by atoms with van der Waals surface area (Å²) in [7, 11) is 0. The zero-order chi connectivity index (χ0) is 17.5. The average molecular weight is 480 g/mol. The number of hydrogen-bond acceptors (Lipinski definition) is 3. The third-order valence-corrected chi connectivity index (χ3v) is 4.90. The topological polar surface area (TPSA) is 49.3 Å². The van der Waals surface area contributed by atoms with E-state index in [1.807, 2.05) is 6.20 Å². The second kappa shape index (κ2) is 10.5. The van der Waals surface area contributed by atoms with E-state index in [4.69, 9.17) is 4.99 Å². The summed E-state index contributed by atoms with van der Waals surface area (Å²) in [5, 5.41) is 10.4. The Morgan fingerprint density at radius 2 is 1.92 bits per heavy atom. The van der Waals surface area contributed by atoms with Crippen LogP contribution in [0.3, 0.4) is 0 Å². The van der Waals surface area contributed by atoms with Gasteiger partial charge >= 0.3 is 0 Å². The Hall–Kier alpha value is -1.67. The van der Waals surface area contributed by atoms with Crippen LogP contribution < -0.4 is 10.6 Å². The Morgan fingerprint density at radius 1 is 1.12 bits per heavy atom. The van der Waals surface area contributed by atoms with Gasteiger partial charge in [-0.2, -0.15) is 0 Å². The molecular formula is C20H25IN4S. The van der Waals surface area contributed by atoms with Gasteiger partial charge in [0.2, 0.25) is 0 Å². The first-order valence-electron chi connectivity index (χ1n) is 8.66. The van der Waals surface area contributed by atoms with E-state index < -0.39 is 0 Å². The van der Waals surface area contributed by atoms with Crippen molar-refractivity contribution in [2.75, 3.05) is 13.1 Å². The summed E-state index contributed by atoms with van der Waals surface area (Å²) in [5.41, 5.74) is 1.24. The third kappa shape index (κ3) is 5.67. The second-order valence-corrected chi connectivity index (χ2v) is 7.19. The fourth-order valence-electron chi connectivity index (χ4n) is 2.74. The minimum Gasteiger partial charge on any atom is -0.357 e. The van der Waals surface area contributed by atoms with E-state index in [0.29, 0.717) is 6.54 Å². The number of nitrogens with one attached hydrogen (secondary N) is 2. The maximum atomic E-state index is 4.75. The molecule has 0 atom stereocenters. The Labute approximate surface area is 176 Å². The molecule has 0 radical (unpaired) electrons. The molecular weight excluding hydrogens is 455 g/mol. The zero-order valence-electron chi connectivity index (χ0n) is 15.2. The number of aromatic nitrogens is 1. The lowest BCUT2D eigenvalue weighted by Gasteiger charge is -2.11. The summed E-state index contributed by atoms with van der Waals surface area (Å²) in [6.45, 7) is 6.50. The highest BCUT2D eigenvalue weighted by atomic mass is 127. The molecule has 3 rings (SSSR count). The van der Waals surface area contributed by atoms with Crippen LogP contribution in [0, 0.1) is 6.92 Å². The van der Waals surface area contributed by atoms with Crippen LogP contribution in [-0.2, 0) is 13.0 Å². The maximum Gasteiger partial charge on any atom is 0.191 e. The molecule has 0 aliphatic heterocycles. The third-order valence-electron chi connectivity index (χ3n) is 3.93. The van der Waals surface area contributed by atoms with Crippen LogP contribution in [-0.4, -0.2) is 24.0 Å². The van der Waals surface area contributed by atoms with Crippen molar-refractivity contribution in [2.45, 2.75) is 26.8 Å². The lowest BCUT2D eigenvalue weighted by atomic mass is 10.1. The Bertz CT molecular complexity index is 854. The minimum absolute atomic E-state index is 0. The van der Waals surface area contributed by atoms with Crippen molar-refractivity contribution in [3.05, 3.63) is 64.1 Å². The van der Waals surface area contributed by atoms with Crippen LogP contribution in [0.2, 0.25) is 0 Å². The molecule has 0 spiro atoms. The number of thiazole rings is 1. The van der Waals surface area contributed by atoms with E-state index in [2.05, 4.69) is 71.9 Å². The number of rotatable bonds is 6. The Morgan fingerprint density at radius 3 is 2.69 bits per heavy atom. The molecule has 0 saturated heterocycles. The van der Waals surface area contributed by atoms with Crippen LogP contribution in [0.5, 0.6) is 0 Å². The molecule has 0 amide bonds. The molecule has 2 aromatic carbocycles. The molecule has 0 unspecified atom stereocenters. The first kappa shape index (κ1) is 20.6. The van der Waals surface area contributed by atoms with Crippen molar-refractivity contribution in [2.24, 2.45) is 4.99 Å². The van der Waals surface area contributed by atoms with Gasteiger partial charge in [-0.25, -0.2) is 9.98 Å². The minimum atomic E-state index is 0. The number of aryl methyl sites for hydroxylation is 1. The largest absolute Gasteiger partial charge is 0.357 e. The maximum absolute atomic E-state index is 4.75. The van der Waals surface area contributed by atoms with Gasteiger partial charge < -0.3 is 10.6 Å². The molecule has 1 heterocycles.